The normalized spacial score (nSPS) is 15.0. The largest absolute Gasteiger partial charge is 0.311 e. The third-order valence-corrected chi connectivity index (χ3v) is 4.38. The molecule has 1 aromatic carbocycles. The lowest BCUT2D eigenvalue weighted by Gasteiger charge is -2.28. The number of aromatic nitrogens is 2. The molecule has 4 nitrogen and oxygen atoms in total. The Balaban J connectivity index is 1.84. The van der Waals surface area contributed by atoms with Crippen molar-refractivity contribution in [3.8, 4) is 0 Å². The Morgan fingerprint density at radius 3 is 2.90 bits per heavy atom. The Morgan fingerprint density at radius 2 is 2.10 bits per heavy atom. The summed E-state index contributed by atoms with van der Waals surface area (Å²) in [6, 6.07) is 6.45. The molecule has 0 saturated carbocycles. The van der Waals surface area contributed by atoms with Crippen LogP contribution in [0.3, 0.4) is 0 Å². The fourth-order valence-electron chi connectivity index (χ4n) is 2.98. The van der Waals surface area contributed by atoms with E-state index in [1.165, 1.54) is 16.7 Å². The van der Waals surface area contributed by atoms with E-state index < -0.39 is 0 Å². The summed E-state index contributed by atoms with van der Waals surface area (Å²) < 4.78 is 0. The number of aromatic amines is 1. The van der Waals surface area contributed by atoms with Gasteiger partial charge in [-0.1, -0.05) is 18.2 Å². The zero-order valence-electron chi connectivity index (χ0n) is 12.9. The summed E-state index contributed by atoms with van der Waals surface area (Å²) in [4.78, 5) is 21.6. The molecule has 0 unspecified atom stereocenters. The predicted molar refractivity (Wildman–Crippen MR) is 83.3 cm³/mol. The van der Waals surface area contributed by atoms with E-state index in [0.29, 0.717) is 5.82 Å². The molecule has 0 atom stereocenters. The highest BCUT2D eigenvalue weighted by Crippen LogP contribution is 2.19. The topological polar surface area (TPSA) is 49.0 Å². The number of hydrogen-bond acceptors (Lipinski definition) is 3. The first-order valence-electron chi connectivity index (χ1n) is 7.40. The van der Waals surface area contributed by atoms with Crippen LogP contribution in [0.5, 0.6) is 0 Å². The van der Waals surface area contributed by atoms with Gasteiger partial charge >= 0.3 is 0 Å². The zero-order valence-corrected chi connectivity index (χ0v) is 12.9. The first-order chi connectivity index (χ1) is 10.0. The van der Waals surface area contributed by atoms with E-state index in [9.17, 15) is 4.79 Å². The molecule has 1 aliphatic rings. The summed E-state index contributed by atoms with van der Waals surface area (Å²) >= 11 is 0. The molecule has 0 radical (unpaired) electrons. The van der Waals surface area contributed by atoms with Crippen LogP contribution in [-0.4, -0.2) is 21.4 Å². The molecule has 0 fully saturated rings. The van der Waals surface area contributed by atoms with Crippen LogP contribution in [-0.2, 0) is 19.5 Å². The van der Waals surface area contributed by atoms with Crippen LogP contribution in [0.2, 0.25) is 0 Å². The van der Waals surface area contributed by atoms with Gasteiger partial charge < -0.3 is 4.98 Å². The number of aryl methyl sites for hydroxylation is 2. The Hall–Kier alpha value is -1.94. The highest BCUT2D eigenvalue weighted by Gasteiger charge is 2.20. The second-order valence-electron chi connectivity index (χ2n) is 5.90. The van der Waals surface area contributed by atoms with Crippen molar-refractivity contribution in [2.75, 3.05) is 6.54 Å². The number of rotatable bonds is 2. The summed E-state index contributed by atoms with van der Waals surface area (Å²) in [5.74, 6) is 0.701. The third kappa shape index (κ3) is 2.76. The number of fused-ring (bicyclic) bond motifs is 1. The highest BCUT2D eigenvalue weighted by molar-refractivity contribution is 5.33. The first kappa shape index (κ1) is 14.0. The monoisotopic (exact) mass is 283 g/mol. The number of benzene rings is 1. The van der Waals surface area contributed by atoms with Crippen LogP contribution in [0, 0.1) is 20.8 Å². The molecule has 1 aromatic heterocycles. The van der Waals surface area contributed by atoms with E-state index in [1.807, 2.05) is 6.92 Å². The van der Waals surface area contributed by atoms with Gasteiger partial charge in [0.05, 0.1) is 5.69 Å². The molecule has 2 heterocycles. The van der Waals surface area contributed by atoms with Crippen LogP contribution in [0.15, 0.2) is 23.0 Å². The Labute approximate surface area is 124 Å². The van der Waals surface area contributed by atoms with Gasteiger partial charge in [-0.05, 0) is 43.9 Å². The van der Waals surface area contributed by atoms with E-state index >= 15 is 0 Å². The van der Waals surface area contributed by atoms with Crippen molar-refractivity contribution < 1.29 is 0 Å². The lowest BCUT2D eigenvalue weighted by molar-refractivity contribution is 0.239. The van der Waals surface area contributed by atoms with Gasteiger partial charge in [-0.2, -0.15) is 0 Å². The van der Waals surface area contributed by atoms with Gasteiger partial charge in [0.2, 0.25) is 0 Å². The summed E-state index contributed by atoms with van der Waals surface area (Å²) in [5, 5.41) is 0. The average Bonchev–Trinajstić information content (AvgIpc) is 2.43. The molecule has 0 spiro atoms. The molecule has 4 heteroatoms. The van der Waals surface area contributed by atoms with Gasteiger partial charge in [0.15, 0.2) is 0 Å². The van der Waals surface area contributed by atoms with Crippen molar-refractivity contribution >= 4 is 0 Å². The second-order valence-corrected chi connectivity index (χ2v) is 5.90. The molecule has 0 saturated heterocycles. The predicted octanol–water partition coefficient (Wildman–Crippen LogP) is 2.25. The Kier molecular flexibility index (Phi) is 3.64. The number of hydrogen-bond donors (Lipinski definition) is 1. The number of nitrogens with one attached hydrogen (secondary N) is 1. The summed E-state index contributed by atoms with van der Waals surface area (Å²) in [6.07, 6.45) is 0.781. The minimum Gasteiger partial charge on any atom is -0.311 e. The quantitative estimate of drug-likeness (QED) is 0.919. The summed E-state index contributed by atoms with van der Waals surface area (Å²) in [7, 11) is 0. The first-order valence-corrected chi connectivity index (χ1v) is 7.40. The van der Waals surface area contributed by atoms with E-state index in [1.54, 1.807) is 0 Å². The fraction of sp³-hybridized carbons (Fsp3) is 0.412. The minimum absolute atomic E-state index is 0.0314. The minimum atomic E-state index is 0.0314. The van der Waals surface area contributed by atoms with Crippen LogP contribution in [0.25, 0.3) is 0 Å². The lowest BCUT2D eigenvalue weighted by Crippen LogP contribution is -2.35. The molecular weight excluding hydrogens is 262 g/mol. The van der Waals surface area contributed by atoms with Crippen molar-refractivity contribution in [2.24, 2.45) is 0 Å². The molecule has 0 aliphatic carbocycles. The zero-order chi connectivity index (χ0) is 15.0. The van der Waals surface area contributed by atoms with Crippen LogP contribution < -0.4 is 5.56 Å². The van der Waals surface area contributed by atoms with Gasteiger partial charge in [0.25, 0.3) is 5.56 Å². The van der Waals surface area contributed by atoms with E-state index in [4.69, 9.17) is 0 Å². The van der Waals surface area contributed by atoms with E-state index in [-0.39, 0.29) is 5.56 Å². The molecule has 110 valence electrons. The smallest absolute Gasteiger partial charge is 0.254 e. The van der Waals surface area contributed by atoms with E-state index in [2.05, 4.69) is 46.9 Å². The molecule has 3 rings (SSSR count). The van der Waals surface area contributed by atoms with Crippen molar-refractivity contribution in [1.82, 2.24) is 14.9 Å². The lowest BCUT2D eigenvalue weighted by atomic mass is 10.0. The second kappa shape index (κ2) is 5.45. The fourth-order valence-corrected chi connectivity index (χ4v) is 2.98. The molecule has 2 aromatic rings. The van der Waals surface area contributed by atoms with Crippen LogP contribution in [0.4, 0.5) is 0 Å². The van der Waals surface area contributed by atoms with Crippen LogP contribution in [0.1, 0.15) is 33.8 Å². The van der Waals surface area contributed by atoms with Crippen LogP contribution >= 0.6 is 0 Å². The van der Waals surface area contributed by atoms with Crippen molar-refractivity contribution in [3.63, 3.8) is 0 Å². The molecular formula is C17H21N3O. The SMILES string of the molecule is Cc1nc2c(c(=O)[nH]1)CCN(Cc1cccc(C)c1C)C2. The van der Waals surface area contributed by atoms with Gasteiger partial charge in [-0.25, -0.2) is 4.98 Å². The average molecular weight is 283 g/mol. The molecule has 0 bridgehead atoms. The summed E-state index contributed by atoms with van der Waals surface area (Å²) in [6.45, 7) is 8.75. The van der Waals surface area contributed by atoms with Gasteiger partial charge in [0.1, 0.15) is 5.82 Å². The van der Waals surface area contributed by atoms with Crippen molar-refractivity contribution in [3.05, 3.63) is 62.3 Å². The number of nitrogens with zero attached hydrogens (tertiary/aromatic N) is 2. The maximum absolute atomic E-state index is 11.9. The third-order valence-electron chi connectivity index (χ3n) is 4.38. The maximum atomic E-state index is 11.9. The maximum Gasteiger partial charge on any atom is 0.254 e. The Morgan fingerprint density at radius 1 is 1.29 bits per heavy atom. The molecule has 1 aliphatic heterocycles. The number of H-pyrrole nitrogens is 1. The van der Waals surface area contributed by atoms with Gasteiger partial charge in [-0.3, -0.25) is 9.69 Å². The molecule has 21 heavy (non-hydrogen) atoms. The molecule has 1 N–H and O–H groups in total. The van der Waals surface area contributed by atoms with E-state index in [0.717, 1.165) is 37.3 Å². The van der Waals surface area contributed by atoms with Gasteiger partial charge in [0, 0.05) is 25.2 Å². The molecule has 0 amide bonds. The Bertz CT molecular complexity index is 733. The standard InChI is InChI=1S/C17H21N3O/c1-11-5-4-6-14(12(11)2)9-20-8-7-15-16(10-20)18-13(3)19-17(15)21/h4-6H,7-10H2,1-3H3,(H,18,19,21). The summed E-state index contributed by atoms with van der Waals surface area (Å²) in [5.41, 5.74) is 5.88. The van der Waals surface area contributed by atoms with Gasteiger partial charge in [-0.15, -0.1) is 0 Å². The highest BCUT2D eigenvalue weighted by atomic mass is 16.1. The van der Waals surface area contributed by atoms with Crippen molar-refractivity contribution in [1.29, 1.82) is 0 Å². The van der Waals surface area contributed by atoms with Crippen molar-refractivity contribution in [2.45, 2.75) is 40.3 Å².